The van der Waals surface area contributed by atoms with E-state index < -0.39 is 8.07 Å². The molecular weight excluding hydrogens is 400 g/mol. The molecule has 0 aromatic heterocycles. The molecule has 6 rings (SSSR count). The Bertz CT molecular complexity index is 1310. The molecular formula is C31H28Si. The van der Waals surface area contributed by atoms with Crippen LogP contribution < -0.4 is 0 Å². The van der Waals surface area contributed by atoms with Gasteiger partial charge < -0.3 is 0 Å². The van der Waals surface area contributed by atoms with Gasteiger partial charge in [-0.25, -0.2) is 0 Å². The van der Waals surface area contributed by atoms with Crippen LogP contribution in [0.2, 0.25) is 13.1 Å². The van der Waals surface area contributed by atoms with Crippen molar-refractivity contribution >= 4 is 14.1 Å². The standard InChI is InChI=1S/C31H28Si/c1-21-20-23-14-11-19-24(22-12-5-4-6-13-22)29(23)30(21)32(2,3)31-27-17-9-7-15-25(27)26-16-8-10-18-28(26)31/h4-20,30-31H,1-3H3. The molecule has 0 nitrogen and oxygen atoms in total. The van der Waals surface area contributed by atoms with Crippen molar-refractivity contribution in [3.63, 3.8) is 0 Å². The predicted molar refractivity (Wildman–Crippen MR) is 139 cm³/mol. The molecule has 0 bridgehead atoms. The Morgan fingerprint density at radius 2 is 1.12 bits per heavy atom. The molecule has 1 heteroatoms. The monoisotopic (exact) mass is 428 g/mol. The second-order valence-electron chi connectivity index (χ2n) is 9.92. The van der Waals surface area contributed by atoms with Gasteiger partial charge in [-0.2, -0.15) is 0 Å². The van der Waals surface area contributed by atoms with Gasteiger partial charge in [-0.05, 0) is 51.4 Å². The number of hydrogen-bond acceptors (Lipinski definition) is 0. The van der Waals surface area contributed by atoms with Gasteiger partial charge in [0.25, 0.3) is 0 Å². The van der Waals surface area contributed by atoms with Gasteiger partial charge in [-0.3, -0.25) is 0 Å². The van der Waals surface area contributed by atoms with E-state index in [-0.39, 0.29) is 0 Å². The largest absolute Gasteiger partial charge is 0.0726 e. The summed E-state index contributed by atoms with van der Waals surface area (Å²) in [4.78, 5) is 0. The minimum atomic E-state index is -1.89. The summed E-state index contributed by atoms with van der Waals surface area (Å²) in [5, 5.41) is 0. The second kappa shape index (κ2) is 7.18. The van der Waals surface area contributed by atoms with Crippen LogP contribution in [0.25, 0.3) is 28.3 Å². The Morgan fingerprint density at radius 1 is 0.562 bits per heavy atom. The van der Waals surface area contributed by atoms with Crippen molar-refractivity contribution in [1.29, 1.82) is 0 Å². The third-order valence-electron chi connectivity index (χ3n) is 7.67. The zero-order valence-corrected chi connectivity index (χ0v) is 20.0. The molecule has 2 aliphatic carbocycles. The average molecular weight is 429 g/mol. The first-order valence-electron chi connectivity index (χ1n) is 11.6. The number of hydrogen-bond donors (Lipinski definition) is 0. The van der Waals surface area contributed by atoms with E-state index in [1.807, 2.05) is 0 Å². The van der Waals surface area contributed by atoms with Crippen LogP contribution in [0.5, 0.6) is 0 Å². The fourth-order valence-corrected chi connectivity index (χ4v) is 11.3. The fraction of sp³-hybridized carbons (Fsp3) is 0.161. The normalized spacial score (nSPS) is 17.0. The van der Waals surface area contributed by atoms with Crippen molar-refractivity contribution in [3.8, 4) is 22.3 Å². The molecule has 0 heterocycles. The Hall–Kier alpha value is -3.16. The summed E-state index contributed by atoms with van der Waals surface area (Å²) >= 11 is 0. The molecule has 0 N–H and O–H groups in total. The van der Waals surface area contributed by atoms with Crippen LogP contribution in [0.3, 0.4) is 0 Å². The van der Waals surface area contributed by atoms with E-state index in [0.717, 1.165) is 0 Å². The first kappa shape index (κ1) is 19.5. The lowest BCUT2D eigenvalue weighted by molar-refractivity contribution is 0.988. The molecule has 32 heavy (non-hydrogen) atoms. The minimum Gasteiger partial charge on any atom is -0.0679 e. The maximum absolute atomic E-state index is 2.62. The summed E-state index contributed by atoms with van der Waals surface area (Å²) in [5.74, 6) is 0. The van der Waals surface area contributed by atoms with Crippen molar-refractivity contribution in [1.82, 2.24) is 0 Å². The maximum atomic E-state index is 2.62. The van der Waals surface area contributed by atoms with E-state index >= 15 is 0 Å². The Kier molecular flexibility index (Phi) is 4.38. The molecule has 4 aromatic rings. The van der Waals surface area contributed by atoms with Crippen LogP contribution in [0.4, 0.5) is 0 Å². The molecule has 0 aliphatic heterocycles. The van der Waals surface area contributed by atoms with Gasteiger partial charge in [0.05, 0.1) is 8.07 Å². The van der Waals surface area contributed by atoms with Crippen LogP contribution in [-0.2, 0) is 0 Å². The summed E-state index contributed by atoms with van der Waals surface area (Å²) in [7, 11) is -1.89. The highest BCUT2D eigenvalue weighted by atomic mass is 28.3. The highest BCUT2D eigenvalue weighted by molar-refractivity contribution is 6.82. The highest BCUT2D eigenvalue weighted by Crippen LogP contribution is 2.56. The van der Waals surface area contributed by atoms with Gasteiger partial charge in [-0.15, -0.1) is 0 Å². The third-order valence-corrected chi connectivity index (χ3v) is 12.0. The topological polar surface area (TPSA) is 0 Å². The quantitative estimate of drug-likeness (QED) is 0.287. The van der Waals surface area contributed by atoms with Crippen LogP contribution in [-0.4, -0.2) is 8.07 Å². The lowest BCUT2D eigenvalue weighted by Gasteiger charge is -2.39. The van der Waals surface area contributed by atoms with E-state index in [1.165, 1.54) is 44.5 Å². The van der Waals surface area contributed by atoms with Crippen LogP contribution in [0.15, 0.2) is 103 Å². The van der Waals surface area contributed by atoms with Crippen molar-refractivity contribution < 1.29 is 0 Å². The van der Waals surface area contributed by atoms with E-state index in [4.69, 9.17) is 0 Å². The second-order valence-corrected chi connectivity index (χ2v) is 14.7. The van der Waals surface area contributed by atoms with Gasteiger partial charge in [-0.1, -0.05) is 122 Å². The van der Waals surface area contributed by atoms with Crippen molar-refractivity contribution in [2.45, 2.75) is 31.1 Å². The number of fused-ring (bicyclic) bond motifs is 4. The smallest absolute Gasteiger partial charge is 0.0679 e. The summed E-state index contributed by atoms with van der Waals surface area (Å²) in [5.41, 5.74) is 14.2. The molecule has 4 aromatic carbocycles. The van der Waals surface area contributed by atoms with Crippen molar-refractivity contribution in [2.24, 2.45) is 0 Å². The number of allylic oxidation sites excluding steroid dienone is 1. The summed E-state index contributed by atoms with van der Waals surface area (Å²) < 4.78 is 0. The van der Waals surface area contributed by atoms with Gasteiger partial charge in [0.2, 0.25) is 0 Å². The molecule has 0 radical (unpaired) electrons. The third kappa shape index (κ3) is 2.74. The molecule has 0 saturated heterocycles. The molecule has 1 atom stereocenters. The van der Waals surface area contributed by atoms with Crippen LogP contribution in [0, 0.1) is 0 Å². The Balaban J connectivity index is 1.56. The first-order valence-corrected chi connectivity index (χ1v) is 14.8. The molecule has 156 valence electrons. The van der Waals surface area contributed by atoms with E-state index in [0.29, 0.717) is 11.1 Å². The Labute approximate surface area is 192 Å². The average Bonchev–Trinajstić information content (AvgIpc) is 3.34. The molecule has 0 spiro atoms. The SMILES string of the molecule is CC1=Cc2cccc(-c3ccccc3)c2C1[Si](C)(C)C1c2ccccc2-c2ccccc21. The molecule has 0 saturated carbocycles. The zero-order chi connectivity index (χ0) is 21.9. The maximum Gasteiger partial charge on any atom is 0.0726 e. The highest BCUT2D eigenvalue weighted by Gasteiger charge is 2.48. The van der Waals surface area contributed by atoms with Crippen molar-refractivity contribution in [3.05, 3.63) is 125 Å². The number of rotatable bonds is 3. The summed E-state index contributed by atoms with van der Waals surface area (Å²) in [6, 6.07) is 36.0. The summed E-state index contributed by atoms with van der Waals surface area (Å²) in [6.07, 6.45) is 2.45. The predicted octanol–water partition coefficient (Wildman–Crippen LogP) is 8.45. The van der Waals surface area contributed by atoms with Gasteiger partial charge in [0, 0.05) is 11.1 Å². The van der Waals surface area contributed by atoms with Crippen molar-refractivity contribution in [2.75, 3.05) is 0 Å². The fourth-order valence-electron chi connectivity index (χ4n) is 6.54. The lowest BCUT2D eigenvalue weighted by Crippen LogP contribution is -2.42. The van der Waals surface area contributed by atoms with Gasteiger partial charge in [0.15, 0.2) is 0 Å². The van der Waals surface area contributed by atoms with Gasteiger partial charge in [0.1, 0.15) is 0 Å². The van der Waals surface area contributed by atoms with Crippen LogP contribution in [0.1, 0.15) is 40.3 Å². The molecule has 1 unspecified atom stereocenters. The molecule has 0 fully saturated rings. The minimum absolute atomic E-state index is 0.498. The first-order chi connectivity index (χ1) is 15.6. The summed E-state index contributed by atoms with van der Waals surface area (Å²) in [6.45, 7) is 7.60. The molecule has 2 aliphatic rings. The van der Waals surface area contributed by atoms with Gasteiger partial charge >= 0.3 is 0 Å². The van der Waals surface area contributed by atoms with E-state index in [9.17, 15) is 0 Å². The lowest BCUT2D eigenvalue weighted by atomic mass is 9.96. The van der Waals surface area contributed by atoms with E-state index in [1.54, 1.807) is 5.56 Å². The Morgan fingerprint density at radius 3 is 1.78 bits per heavy atom. The molecule has 0 amide bonds. The zero-order valence-electron chi connectivity index (χ0n) is 19.0. The number of benzene rings is 4. The van der Waals surface area contributed by atoms with E-state index in [2.05, 4.69) is 123 Å². The van der Waals surface area contributed by atoms with Crippen LogP contribution >= 0.6 is 0 Å².